The second-order valence-electron chi connectivity index (χ2n) is 6.14. The molecule has 0 aromatic carbocycles. The molecule has 0 fully saturated rings. The molecule has 2 heterocycles. The van der Waals surface area contributed by atoms with Crippen LogP contribution in [0.1, 0.15) is 44.5 Å². The molecule has 0 bridgehead atoms. The van der Waals surface area contributed by atoms with E-state index in [4.69, 9.17) is 0 Å². The minimum absolute atomic E-state index is 0.00752. The molecular weight excluding hydrogens is 284 g/mol. The Morgan fingerprint density at radius 3 is 2.86 bits per heavy atom. The predicted molar refractivity (Wildman–Crippen MR) is 83.9 cm³/mol. The first-order valence-electron chi connectivity index (χ1n) is 7.12. The lowest BCUT2D eigenvalue weighted by molar-refractivity contribution is -0.122. The summed E-state index contributed by atoms with van der Waals surface area (Å²) < 4.78 is 1.74. The number of aromatic nitrogens is 3. The molecule has 1 N–H and O–H groups in total. The fraction of sp³-hybridized carbons (Fsp3) is 0.533. The number of hydrogen-bond acceptors (Lipinski definition) is 4. The standard InChI is InChI=1S/C15H22N4OS/c1-15(2,3)14(12-6-5-9-21-12)18-13(20)7-4-8-19-11-16-10-17-19/h5-6,9-11,14H,4,7-8H2,1-3H3,(H,18,20). The van der Waals surface area contributed by atoms with Crippen molar-refractivity contribution in [1.82, 2.24) is 20.1 Å². The van der Waals surface area contributed by atoms with Crippen LogP contribution in [0.4, 0.5) is 0 Å². The largest absolute Gasteiger partial charge is 0.348 e. The minimum Gasteiger partial charge on any atom is -0.348 e. The molecule has 21 heavy (non-hydrogen) atoms. The third kappa shape index (κ3) is 4.67. The predicted octanol–water partition coefficient (Wildman–Crippen LogP) is 3.02. The molecule has 1 unspecified atom stereocenters. The van der Waals surface area contributed by atoms with Gasteiger partial charge in [0, 0.05) is 17.8 Å². The van der Waals surface area contributed by atoms with Gasteiger partial charge in [0.1, 0.15) is 12.7 Å². The summed E-state index contributed by atoms with van der Waals surface area (Å²) in [4.78, 5) is 17.3. The van der Waals surface area contributed by atoms with Crippen LogP contribution in [0.5, 0.6) is 0 Å². The van der Waals surface area contributed by atoms with Gasteiger partial charge in [-0.1, -0.05) is 26.8 Å². The summed E-state index contributed by atoms with van der Waals surface area (Å²) in [5.74, 6) is 0.0865. The molecule has 0 saturated carbocycles. The number of hydrogen-bond donors (Lipinski definition) is 1. The highest BCUT2D eigenvalue weighted by Crippen LogP contribution is 2.35. The molecule has 114 valence electrons. The first kappa shape index (κ1) is 15.7. The van der Waals surface area contributed by atoms with Gasteiger partial charge in [-0.15, -0.1) is 11.3 Å². The Morgan fingerprint density at radius 1 is 1.48 bits per heavy atom. The van der Waals surface area contributed by atoms with Crippen molar-refractivity contribution in [3.05, 3.63) is 35.0 Å². The van der Waals surface area contributed by atoms with Gasteiger partial charge in [0.15, 0.2) is 0 Å². The first-order valence-corrected chi connectivity index (χ1v) is 8.00. The van der Waals surface area contributed by atoms with Gasteiger partial charge >= 0.3 is 0 Å². The van der Waals surface area contributed by atoms with Crippen LogP contribution in [0.25, 0.3) is 0 Å². The molecule has 2 aromatic heterocycles. The molecule has 0 aliphatic rings. The molecule has 0 aliphatic carbocycles. The number of nitrogens with zero attached hydrogens (tertiary/aromatic N) is 3. The van der Waals surface area contributed by atoms with Crippen LogP contribution in [0.15, 0.2) is 30.2 Å². The second-order valence-corrected chi connectivity index (χ2v) is 7.12. The third-order valence-electron chi connectivity index (χ3n) is 3.26. The zero-order valence-electron chi connectivity index (χ0n) is 12.7. The molecule has 6 heteroatoms. The van der Waals surface area contributed by atoms with Gasteiger partial charge in [0.25, 0.3) is 0 Å². The van der Waals surface area contributed by atoms with E-state index in [2.05, 4.69) is 42.2 Å². The van der Waals surface area contributed by atoms with Crippen LogP contribution in [-0.4, -0.2) is 20.7 Å². The highest BCUT2D eigenvalue weighted by atomic mass is 32.1. The van der Waals surface area contributed by atoms with Gasteiger partial charge in [0.05, 0.1) is 6.04 Å². The summed E-state index contributed by atoms with van der Waals surface area (Å²) in [6, 6.07) is 4.16. The van der Waals surface area contributed by atoms with Crippen molar-refractivity contribution in [2.75, 3.05) is 0 Å². The summed E-state index contributed by atoms with van der Waals surface area (Å²) in [5, 5.41) is 9.24. The lowest BCUT2D eigenvalue weighted by Crippen LogP contribution is -2.36. The monoisotopic (exact) mass is 306 g/mol. The van der Waals surface area contributed by atoms with Gasteiger partial charge in [-0.05, 0) is 23.3 Å². The van der Waals surface area contributed by atoms with Crippen molar-refractivity contribution < 1.29 is 4.79 Å². The van der Waals surface area contributed by atoms with Crippen molar-refractivity contribution >= 4 is 17.2 Å². The molecular formula is C15H22N4OS. The van der Waals surface area contributed by atoms with E-state index >= 15 is 0 Å². The van der Waals surface area contributed by atoms with Gasteiger partial charge in [-0.2, -0.15) is 5.10 Å². The van der Waals surface area contributed by atoms with E-state index in [-0.39, 0.29) is 17.4 Å². The highest BCUT2D eigenvalue weighted by Gasteiger charge is 2.28. The smallest absolute Gasteiger partial charge is 0.220 e. The molecule has 5 nitrogen and oxygen atoms in total. The van der Waals surface area contributed by atoms with Crippen molar-refractivity contribution in [2.45, 2.75) is 46.2 Å². The Hall–Kier alpha value is -1.69. The fourth-order valence-corrected chi connectivity index (χ4v) is 3.17. The number of amides is 1. The Kier molecular flexibility index (Phi) is 5.12. The zero-order chi connectivity index (χ0) is 15.3. The maximum Gasteiger partial charge on any atom is 0.220 e. The molecule has 1 amide bonds. The maximum absolute atomic E-state index is 12.2. The average molecular weight is 306 g/mol. The van der Waals surface area contributed by atoms with Crippen LogP contribution >= 0.6 is 11.3 Å². The van der Waals surface area contributed by atoms with E-state index in [1.54, 1.807) is 22.3 Å². The van der Waals surface area contributed by atoms with Crippen molar-refractivity contribution in [3.63, 3.8) is 0 Å². The lowest BCUT2D eigenvalue weighted by atomic mass is 9.85. The Labute approximate surface area is 129 Å². The van der Waals surface area contributed by atoms with Crippen LogP contribution < -0.4 is 5.32 Å². The number of thiophene rings is 1. The van der Waals surface area contributed by atoms with E-state index in [9.17, 15) is 4.79 Å². The van der Waals surface area contributed by atoms with E-state index in [1.165, 1.54) is 11.2 Å². The van der Waals surface area contributed by atoms with E-state index < -0.39 is 0 Å². The van der Waals surface area contributed by atoms with E-state index in [1.807, 2.05) is 11.4 Å². The molecule has 1 atom stereocenters. The van der Waals surface area contributed by atoms with Gasteiger partial charge in [-0.3, -0.25) is 9.48 Å². The first-order chi connectivity index (χ1) is 9.97. The molecule has 0 saturated heterocycles. The topological polar surface area (TPSA) is 59.8 Å². The molecule has 0 spiro atoms. The third-order valence-corrected chi connectivity index (χ3v) is 4.19. The van der Waals surface area contributed by atoms with Crippen molar-refractivity contribution in [2.24, 2.45) is 5.41 Å². The van der Waals surface area contributed by atoms with Gasteiger partial charge in [-0.25, -0.2) is 4.98 Å². The lowest BCUT2D eigenvalue weighted by Gasteiger charge is -2.30. The quantitative estimate of drug-likeness (QED) is 0.892. The summed E-state index contributed by atoms with van der Waals surface area (Å²) in [6.45, 7) is 7.15. The number of nitrogens with one attached hydrogen (secondary N) is 1. The van der Waals surface area contributed by atoms with Crippen LogP contribution in [0, 0.1) is 5.41 Å². The number of aryl methyl sites for hydroxylation is 1. The molecule has 0 radical (unpaired) electrons. The Bertz CT molecular complexity index is 543. The maximum atomic E-state index is 12.2. The summed E-state index contributed by atoms with van der Waals surface area (Å²) >= 11 is 1.68. The fourth-order valence-electron chi connectivity index (χ4n) is 2.15. The average Bonchev–Trinajstić information content (AvgIpc) is 3.07. The molecule has 2 rings (SSSR count). The van der Waals surface area contributed by atoms with E-state index in [0.29, 0.717) is 13.0 Å². The Morgan fingerprint density at radius 2 is 2.29 bits per heavy atom. The Balaban J connectivity index is 1.87. The van der Waals surface area contributed by atoms with Crippen molar-refractivity contribution in [3.8, 4) is 0 Å². The molecule has 2 aromatic rings. The van der Waals surface area contributed by atoms with Crippen molar-refractivity contribution in [1.29, 1.82) is 0 Å². The minimum atomic E-state index is -0.00752. The summed E-state index contributed by atoms with van der Waals surface area (Å²) in [7, 11) is 0. The zero-order valence-corrected chi connectivity index (χ0v) is 13.6. The summed E-state index contributed by atoms with van der Waals surface area (Å²) in [5.41, 5.74) is -0.00752. The number of rotatable bonds is 6. The van der Waals surface area contributed by atoms with E-state index in [0.717, 1.165) is 6.42 Å². The normalized spacial score (nSPS) is 13.1. The van der Waals surface area contributed by atoms with Gasteiger partial charge in [0.2, 0.25) is 5.91 Å². The summed E-state index contributed by atoms with van der Waals surface area (Å²) in [6.07, 6.45) is 4.43. The van der Waals surface area contributed by atoms with Crippen LogP contribution in [-0.2, 0) is 11.3 Å². The highest BCUT2D eigenvalue weighted by molar-refractivity contribution is 7.10. The molecule has 0 aliphatic heterocycles. The number of carbonyl (C=O) groups is 1. The number of carbonyl (C=O) groups excluding carboxylic acids is 1. The van der Waals surface area contributed by atoms with Crippen LogP contribution in [0.3, 0.4) is 0 Å². The van der Waals surface area contributed by atoms with Crippen LogP contribution in [0.2, 0.25) is 0 Å². The second kappa shape index (κ2) is 6.85. The SMILES string of the molecule is CC(C)(C)C(NC(=O)CCCn1cncn1)c1cccs1. The van der Waals surface area contributed by atoms with Gasteiger partial charge < -0.3 is 5.32 Å².